The van der Waals surface area contributed by atoms with Crippen molar-refractivity contribution in [2.75, 3.05) is 0 Å². The molecular weight excluding hydrogens is 327 g/mol. The molecule has 5 nitrogen and oxygen atoms in total. The maximum atomic E-state index is 11.9. The lowest BCUT2D eigenvalue weighted by Gasteiger charge is -2.32. The molecule has 2 aromatic rings. The van der Waals surface area contributed by atoms with Gasteiger partial charge in [0.1, 0.15) is 17.2 Å². The monoisotopic (exact) mass is 352 g/mol. The third-order valence-electron chi connectivity index (χ3n) is 5.74. The van der Waals surface area contributed by atoms with Gasteiger partial charge < -0.3 is 14.7 Å². The van der Waals surface area contributed by atoms with Crippen LogP contribution in [0.15, 0.2) is 24.4 Å². The highest BCUT2D eigenvalue weighted by atomic mass is 16.5. The number of H-pyrrole nitrogens is 1. The molecule has 2 N–H and O–H groups in total. The summed E-state index contributed by atoms with van der Waals surface area (Å²) in [5.41, 5.74) is 3.07. The molecule has 1 aliphatic heterocycles. The van der Waals surface area contributed by atoms with E-state index in [4.69, 9.17) is 4.65 Å². The molecule has 2 aliphatic rings. The smallest absolute Gasteiger partial charge is 0.531 e. The van der Waals surface area contributed by atoms with Crippen molar-refractivity contribution in [3.8, 4) is 5.75 Å². The Morgan fingerprint density at radius 1 is 1.38 bits per heavy atom. The van der Waals surface area contributed by atoms with Gasteiger partial charge in [-0.05, 0) is 61.6 Å². The molecule has 0 atom stereocenters. The van der Waals surface area contributed by atoms with Gasteiger partial charge in [-0.1, -0.05) is 6.92 Å². The van der Waals surface area contributed by atoms with Gasteiger partial charge >= 0.3 is 7.12 Å². The van der Waals surface area contributed by atoms with E-state index in [0.29, 0.717) is 29.8 Å². The van der Waals surface area contributed by atoms with Gasteiger partial charge in [0.05, 0.1) is 6.20 Å². The fraction of sp³-hybridized carbons (Fsp3) is 0.500. The van der Waals surface area contributed by atoms with Gasteiger partial charge in [0.25, 0.3) is 0 Å². The van der Waals surface area contributed by atoms with E-state index in [1.165, 1.54) is 5.57 Å². The largest absolute Gasteiger partial charge is 0.552 e. The number of pyridine rings is 1. The Morgan fingerprint density at radius 3 is 2.96 bits per heavy atom. The minimum absolute atomic E-state index is 0.394. The summed E-state index contributed by atoms with van der Waals surface area (Å²) in [6.45, 7) is 2.06. The van der Waals surface area contributed by atoms with Crippen molar-refractivity contribution in [2.45, 2.75) is 51.9 Å². The van der Waals surface area contributed by atoms with E-state index in [1.54, 1.807) is 6.20 Å². The molecule has 0 radical (unpaired) electrons. The Labute approximate surface area is 154 Å². The lowest BCUT2D eigenvalue weighted by molar-refractivity contribution is -0.120. The predicted molar refractivity (Wildman–Crippen MR) is 103 cm³/mol. The molecule has 2 aromatic heterocycles. The second kappa shape index (κ2) is 7.27. The molecule has 4 rings (SSSR count). The van der Waals surface area contributed by atoms with Crippen molar-refractivity contribution in [2.24, 2.45) is 11.8 Å². The van der Waals surface area contributed by atoms with E-state index >= 15 is 0 Å². The number of ketones is 1. The molecule has 1 fully saturated rings. The zero-order chi connectivity index (χ0) is 18.1. The molecule has 0 unspecified atom stereocenters. The first-order chi connectivity index (χ1) is 12.7. The Bertz CT molecular complexity index is 837. The SMILES string of the molecule is CCCC(=O)CC1CCC(C2=CB(O)Oc3cnc4[nH]ccc4c32)CC1. The average Bonchev–Trinajstić information content (AvgIpc) is 3.10. The Kier molecular flexibility index (Phi) is 4.85. The van der Waals surface area contributed by atoms with Crippen LogP contribution in [0, 0.1) is 11.8 Å². The molecule has 1 saturated carbocycles. The summed E-state index contributed by atoms with van der Waals surface area (Å²) >= 11 is 0. The number of carbonyl (C=O) groups is 1. The van der Waals surface area contributed by atoms with Crippen LogP contribution in [0.25, 0.3) is 16.6 Å². The van der Waals surface area contributed by atoms with Crippen molar-refractivity contribution < 1.29 is 14.5 Å². The zero-order valence-corrected chi connectivity index (χ0v) is 15.2. The second-order valence-electron chi connectivity index (χ2n) is 7.58. The van der Waals surface area contributed by atoms with Crippen LogP contribution in [-0.4, -0.2) is 27.9 Å². The molecule has 26 heavy (non-hydrogen) atoms. The number of nitrogens with one attached hydrogen (secondary N) is 1. The first-order valence-corrected chi connectivity index (χ1v) is 9.70. The van der Waals surface area contributed by atoms with E-state index in [2.05, 4.69) is 16.9 Å². The van der Waals surface area contributed by atoms with Crippen LogP contribution in [0.3, 0.4) is 0 Å². The van der Waals surface area contributed by atoms with Crippen molar-refractivity contribution in [1.29, 1.82) is 0 Å². The fourth-order valence-electron chi connectivity index (χ4n) is 4.50. The zero-order valence-electron chi connectivity index (χ0n) is 15.2. The van der Waals surface area contributed by atoms with Crippen LogP contribution >= 0.6 is 0 Å². The Morgan fingerprint density at radius 2 is 2.19 bits per heavy atom. The predicted octanol–water partition coefficient (Wildman–Crippen LogP) is 3.92. The fourth-order valence-corrected chi connectivity index (χ4v) is 4.50. The average molecular weight is 352 g/mol. The van der Waals surface area contributed by atoms with Crippen LogP contribution in [0.1, 0.15) is 57.4 Å². The second-order valence-corrected chi connectivity index (χ2v) is 7.58. The Hall–Kier alpha value is -2.08. The quantitative estimate of drug-likeness (QED) is 0.800. The van der Waals surface area contributed by atoms with Gasteiger partial charge in [-0.2, -0.15) is 0 Å². The summed E-state index contributed by atoms with van der Waals surface area (Å²) in [5.74, 6) is 3.82. The van der Waals surface area contributed by atoms with Crippen molar-refractivity contribution in [3.63, 3.8) is 0 Å². The molecule has 3 heterocycles. The van der Waals surface area contributed by atoms with Gasteiger partial charge in [-0.3, -0.25) is 4.79 Å². The molecule has 0 bridgehead atoms. The summed E-state index contributed by atoms with van der Waals surface area (Å²) < 4.78 is 5.59. The number of allylic oxidation sites excluding steroid dienone is 1. The summed E-state index contributed by atoms with van der Waals surface area (Å²) in [5, 5.41) is 11.2. The number of carbonyl (C=O) groups excluding carboxylic acids is 1. The topological polar surface area (TPSA) is 75.2 Å². The molecule has 0 spiro atoms. The molecule has 0 amide bonds. The maximum absolute atomic E-state index is 11.9. The number of Topliss-reactive ketones (excluding diaryl/α,β-unsaturated/α-hetero) is 1. The number of aromatic nitrogens is 2. The highest BCUT2D eigenvalue weighted by Gasteiger charge is 2.33. The standard InChI is InChI=1S/C20H25BN2O3/c1-2-3-15(24)10-13-4-6-14(7-5-13)17-11-21(25)26-18-12-23-20-16(19(17)18)8-9-22-20/h8-9,11-14,25H,2-7,10H2,1H3,(H,22,23). The minimum atomic E-state index is -0.917. The van der Waals surface area contributed by atoms with E-state index in [9.17, 15) is 9.82 Å². The third-order valence-corrected chi connectivity index (χ3v) is 5.74. The number of aromatic amines is 1. The van der Waals surface area contributed by atoms with Crippen molar-refractivity contribution in [1.82, 2.24) is 9.97 Å². The summed E-state index contributed by atoms with van der Waals surface area (Å²) in [4.78, 5) is 19.5. The van der Waals surface area contributed by atoms with E-state index in [1.807, 2.05) is 18.2 Å². The summed E-state index contributed by atoms with van der Waals surface area (Å²) in [6.07, 6.45) is 10.2. The highest BCUT2D eigenvalue weighted by molar-refractivity contribution is 6.52. The molecule has 6 heteroatoms. The van der Waals surface area contributed by atoms with Gasteiger partial charge in [0.15, 0.2) is 0 Å². The van der Waals surface area contributed by atoms with E-state index in [-0.39, 0.29) is 0 Å². The molecule has 1 aliphatic carbocycles. The normalized spacial score (nSPS) is 22.7. The van der Waals surface area contributed by atoms with Gasteiger partial charge in [-0.25, -0.2) is 4.98 Å². The van der Waals surface area contributed by atoms with Crippen LogP contribution in [0.4, 0.5) is 0 Å². The van der Waals surface area contributed by atoms with Crippen molar-refractivity contribution in [3.05, 3.63) is 30.0 Å². The third kappa shape index (κ3) is 3.30. The lowest BCUT2D eigenvalue weighted by atomic mass is 9.70. The lowest BCUT2D eigenvalue weighted by Crippen LogP contribution is -2.27. The van der Waals surface area contributed by atoms with Crippen LogP contribution in [-0.2, 0) is 4.79 Å². The van der Waals surface area contributed by atoms with Crippen LogP contribution in [0.2, 0.25) is 0 Å². The van der Waals surface area contributed by atoms with Crippen LogP contribution in [0.5, 0.6) is 5.75 Å². The van der Waals surface area contributed by atoms with Gasteiger partial charge in [0.2, 0.25) is 0 Å². The highest BCUT2D eigenvalue weighted by Crippen LogP contribution is 2.45. The number of rotatable bonds is 5. The summed E-state index contributed by atoms with van der Waals surface area (Å²) in [7, 11) is -0.917. The number of hydrogen-bond donors (Lipinski definition) is 2. The van der Waals surface area contributed by atoms with E-state index in [0.717, 1.165) is 55.1 Å². The maximum Gasteiger partial charge on any atom is 0.552 e. The summed E-state index contributed by atoms with van der Waals surface area (Å²) in [6, 6.07) is 2.02. The van der Waals surface area contributed by atoms with Gasteiger partial charge in [0, 0.05) is 30.0 Å². The molecule has 0 aromatic carbocycles. The first-order valence-electron chi connectivity index (χ1n) is 9.70. The van der Waals surface area contributed by atoms with Crippen molar-refractivity contribution >= 4 is 29.5 Å². The molecular formula is C20H25BN2O3. The van der Waals surface area contributed by atoms with Gasteiger partial charge in [-0.15, -0.1) is 0 Å². The van der Waals surface area contributed by atoms with E-state index < -0.39 is 7.12 Å². The number of hydrogen-bond acceptors (Lipinski definition) is 4. The molecule has 0 saturated heterocycles. The Balaban J connectivity index is 1.54. The molecule has 136 valence electrons. The van der Waals surface area contributed by atoms with Crippen LogP contribution < -0.4 is 4.65 Å². The number of fused-ring (bicyclic) bond motifs is 3. The number of nitrogens with zero attached hydrogens (tertiary/aromatic N) is 1. The minimum Gasteiger partial charge on any atom is -0.531 e. The first kappa shape index (κ1) is 17.3.